The lowest BCUT2D eigenvalue weighted by Crippen LogP contribution is -1.92. The van der Waals surface area contributed by atoms with Gasteiger partial charge in [-0.05, 0) is 55.3 Å². The third-order valence-corrected chi connectivity index (χ3v) is 4.05. The van der Waals surface area contributed by atoms with Gasteiger partial charge >= 0.3 is 0 Å². The molecule has 2 aromatic carbocycles. The van der Waals surface area contributed by atoms with Crippen molar-refractivity contribution >= 4 is 28.1 Å². The summed E-state index contributed by atoms with van der Waals surface area (Å²) in [5.74, 6) is 1.51. The number of benzene rings is 2. The molecule has 0 fully saturated rings. The number of ether oxygens (including phenoxy) is 1. The summed E-state index contributed by atoms with van der Waals surface area (Å²) < 4.78 is 6.02. The first-order valence-electron chi connectivity index (χ1n) is 6.63. The molecule has 0 bridgehead atoms. The lowest BCUT2D eigenvalue weighted by Gasteiger charge is -2.12. The molecule has 106 valence electrons. The highest BCUT2D eigenvalue weighted by Crippen LogP contribution is 2.34. The molecule has 0 radical (unpaired) electrons. The summed E-state index contributed by atoms with van der Waals surface area (Å²) in [6, 6.07) is 9.46. The van der Waals surface area contributed by atoms with Gasteiger partial charge in [0.25, 0.3) is 0 Å². The molecule has 1 heterocycles. The molecule has 0 aliphatic carbocycles. The molecule has 21 heavy (non-hydrogen) atoms. The second-order valence-electron chi connectivity index (χ2n) is 5.05. The Kier molecular flexibility index (Phi) is 3.43. The largest absolute Gasteiger partial charge is 0.457 e. The average molecular weight is 299 g/mol. The first kappa shape index (κ1) is 13.7. The van der Waals surface area contributed by atoms with Crippen molar-refractivity contribution in [3.8, 4) is 11.5 Å². The van der Waals surface area contributed by atoms with E-state index < -0.39 is 0 Å². The number of aromatic nitrogens is 1. The van der Waals surface area contributed by atoms with Crippen LogP contribution in [-0.2, 0) is 0 Å². The molecule has 3 rings (SSSR count). The van der Waals surface area contributed by atoms with Gasteiger partial charge in [0.15, 0.2) is 0 Å². The molecule has 0 aliphatic heterocycles. The van der Waals surface area contributed by atoms with Crippen LogP contribution in [0.4, 0.5) is 5.69 Å². The van der Waals surface area contributed by atoms with Crippen LogP contribution in [0.2, 0.25) is 5.02 Å². The molecule has 0 spiro atoms. The molecular weight excluding hydrogens is 284 g/mol. The Balaban J connectivity index is 2.09. The van der Waals surface area contributed by atoms with Crippen molar-refractivity contribution in [2.75, 3.05) is 5.73 Å². The number of nitrogen functional groups attached to an aromatic ring is 1. The molecule has 0 unspecified atom stereocenters. The number of hydrogen-bond acceptors (Lipinski definition) is 3. The molecule has 3 aromatic rings. The standard InChI is InChI=1S/C17H15ClN2O/c1-10-7-12(8-11(2)17(10)18)21-16-4-3-15(19)14-9-20-6-5-13(14)16/h3-9H,19H2,1-2H3. The molecule has 0 aliphatic rings. The minimum atomic E-state index is 0.689. The van der Waals surface area contributed by atoms with Crippen LogP contribution in [0.5, 0.6) is 11.5 Å². The van der Waals surface area contributed by atoms with Gasteiger partial charge in [0.1, 0.15) is 11.5 Å². The topological polar surface area (TPSA) is 48.1 Å². The Morgan fingerprint density at radius 2 is 1.76 bits per heavy atom. The zero-order chi connectivity index (χ0) is 15.0. The van der Waals surface area contributed by atoms with Gasteiger partial charge in [0.2, 0.25) is 0 Å². The van der Waals surface area contributed by atoms with E-state index in [2.05, 4.69) is 4.98 Å². The third kappa shape index (κ3) is 2.52. The lowest BCUT2D eigenvalue weighted by molar-refractivity contribution is 0.487. The summed E-state index contributed by atoms with van der Waals surface area (Å²) in [5.41, 5.74) is 8.65. The smallest absolute Gasteiger partial charge is 0.135 e. The van der Waals surface area contributed by atoms with E-state index in [0.717, 1.165) is 38.4 Å². The van der Waals surface area contributed by atoms with E-state index in [1.807, 2.05) is 44.2 Å². The van der Waals surface area contributed by atoms with Gasteiger partial charge in [-0.2, -0.15) is 0 Å². The van der Waals surface area contributed by atoms with Crippen molar-refractivity contribution in [1.29, 1.82) is 0 Å². The molecule has 1 aromatic heterocycles. The molecular formula is C17H15ClN2O. The van der Waals surface area contributed by atoms with Gasteiger partial charge < -0.3 is 10.5 Å². The van der Waals surface area contributed by atoms with E-state index in [-0.39, 0.29) is 0 Å². The number of hydrogen-bond donors (Lipinski definition) is 1. The average Bonchev–Trinajstić information content (AvgIpc) is 2.48. The van der Waals surface area contributed by atoms with E-state index in [1.54, 1.807) is 12.4 Å². The van der Waals surface area contributed by atoms with Crippen LogP contribution in [0.3, 0.4) is 0 Å². The second-order valence-corrected chi connectivity index (χ2v) is 5.43. The minimum Gasteiger partial charge on any atom is -0.457 e. The summed E-state index contributed by atoms with van der Waals surface area (Å²) in [6.45, 7) is 3.93. The Bertz CT molecular complexity index is 807. The maximum atomic E-state index is 6.19. The number of rotatable bonds is 2. The summed E-state index contributed by atoms with van der Waals surface area (Å²) in [5, 5.41) is 2.60. The normalized spacial score (nSPS) is 10.8. The van der Waals surface area contributed by atoms with Crippen molar-refractivity contribution in [3.05, 3.63) is 58.9 Å². The predicted molar refractivity (Wildman–Crippen MR) is 87.2 cm³/mol. The zero-order valence-corrected chi connectivity index (χ0v) is 12.6. The lowest BCUT2D eigenvalue weighted by atomic mass is 10.1. The van der Waals surface area contributed by atoms with Gasteiger partial charge in [-0.3, -0.25) is 4.98 Å². The first-order valence-corrected chi connectivity index (χ1v) is 7.01. The van der Waals surface area contributed by atoms with Crippen molar-refractivity contribution in [2.24, 2.45) is 0 Å². The van der Waals surface area contributed by atoms with Crippen molar-refractivity contribution in [3.63, 3.8) is 0 Å². The van der Waals surface area contributed by atoms with E-state index in [1.165, 1.54) is 0 Å². The number of nitrogens with zero attached hydrogens (tertiary/aromatic N) is 1. The first-order chi connectivity index (χ1) is 10.1. The third-order valence-electron chi connectivity index (χ3n) is 3.45. The number of anilines is 1. The van der Waals surface area contributed by atoms with Crippen LogP contribution < -0.4 is 10.5 Å². The van der Waals surface area contributed by atoms with Crippen molar-refractivity contribution in [1.82, 2.24) is 4.98 Å². The van der Waals surface area contributed by atoms with Crippen LogP contribution in [0.1, 0.15) is 11.1 Å². The monoisotopic (exact) mass is 298 g/mol. The van der Waals surface area contributed by atoms with E-state index in [4.69, 9.17) is 22.1 Å². The predicted octanol–water partition coefficient (Wildman–Crippen LogP) is 4.88. The maximum absolute atomic E-state index is 6.19. The van der Waals surface area contributed by atoms with E-state index in [9.17, 15) is 0 Å². The molecule has 2 N–H and O–H groups in total. The van der Waals surface area contributed by atoms with Gasteiger partial charge in [-0.25, -0.2) is 0 Å². The number of nitrogens with two attached hydrogens (primary N) is 1. The Labute approximate surface area is 128 Å². The summed E-state index contributed by atoms with van der Waals surface area (Å²) in [7, 11) is 0. The molecule has 0 amide bonds. The quantitative estimate of drug-likeness (QED) is 0.686. The van der Waals surface area contributed by atoms with Crippen molar-refractivity contribution in [2.45, 2.75) is 13.8 Å². The molecule has 4 heteroatoms. The van der Waals surface area contributed by atoms with Crippen LogP contribution in [0.25, 0.3) is 10.8 Å². The fourth-order valence-corrected chi connectivity index (χ4v) is 2.47. The van der Waals surface area contributed by atoms with Crippen LogP contribution in [0, 0.1) is 13.8 Å². The Hall–Kier alpha value is -2.26. The summed E-state index contributed by atoms with van der Waals surface area (Å²) in [4.78, 5) is 4.11. The highest BCUT2D eigenvalue weighted by atomic mass is 35.5. The highest BCUT2D eigenvalue weighted by Gasteiger charge is 2.08. The van der Waals surface area contributed by atoms with E-state index in [0.29, 0.717) is 5.69 Å². The Morgan fingerprint density at radius 3 is 2.48 bits per heavy atom. The highest BCUT2D eigenvalue weighted by molar-refractivity contribution is 6.32. The van der Waals surface area contributed by atoms with E-state index >= 15 is 0 Å². The molecule has 0 saturated carbocycles. The zero-order valence-electron chi connectivity index (χ0n) is 11.9. The van der Waals surface area contributed by atoms with Crippen LogP contribution in [0.15, 0.2) is 42.7 Å². The fourth-order valence-electron chi connectivity index (χ4n) is 2.37. The molecule has 0 atom stereocenters. The second kappa shape index (κ2) is 5.26. The summed E-state index contributed by atoms with van der Waals surface area (Å²) in [6.07, 6.45) is 3.48. The molecule has 3 nitrogen and oxygen atoms in total. The number of pyridine rings is 1. The van der Waals surface area contributed by atoms with Crippen molar-refractivity contribution < 1.29 is 4.74 Å². The number of halogens is 1. The van der Waals surface area contributed by atoms with Gasteiger partial charge in [-0.1, -0.05) is 11.6 Å². The maximum Gasteiger partial charge on any atom is 0.135 e. The minimum absolute atomic E-state index is 0.689. The SMILES string of the molecule is Cc1cc(Oc2ccc(N)c3cnccc23)cc(C)c1Cl. The van der Waals surface area contributed by atoms with Crippen LogP contribution in [-0.4, -0.2) is 4.98 Å². The summed E-state index contributed by atoms with van der Waals surface area (Å²) >= 11 is 6.19. The fraction of sp³-hybridized carbons (Fsp3) is 0.118. The Morgan fingerprint density at radius 1 is 1.05 bits per heavy atom. The van der Waals surface area contributed by atoms with Crippen LogP contribution >= 0.6 is 11.6 Å². The van der Waals surface area contributed by atoms with Gasteiger partial charge in [-0.15, -0.1) is 0 Å². The number of aryl methyl sites for hydroxylation is 2. The number of fused-ring (bicyclic) bond motifs is 1. The van der Waals surface area contributed by atoms with Gasteiger partial charge in [0, 0.05) is 33.9 Å². The van der Waals surface area contributed by atoms with Gasteiger partial charge in [0.05, 0.1) is 0 Å². The molecule has 0 saturated heterocycles.